The maximum Gasteiger partial charge on any atom is 0.338 e. The van der Waals surface area contributed by atoms with Gasteiger partial charge in [-0.25, -0.2) is 4.79 Å². The molecule has 0 aromatic heterocycles. The van der Waals surface area contributed by atoms with Crippen LogP contribution in [-0.4, -0.2) is 45.4 Å². The Morgan fingerprint density at radius 1 is 1.07 bits per heavy atom. The summed E-state index contributed by atoms with van der Waals surface area (Å²) in [6.45, 7) is 0.278. The van der Waals surface area contributed by atoms with Crippen molar-refractivity contribution in [2.75, 3.05) is 33.5 Å². The van der Waals surface area contributed by atoms with Gasteiger partial charge in [-0.3, -0.25) is 4.79 Å². The third-order valence-corrected chi connectivity index (χ3v) is 3.98. The molecule has 0 spiro atoms. The van der Waals surface area contributed by atoms with Gasteiger partial charge in [-0.1, -0.05) is 30.3 Å². The molecule has 146 valence electrons. The Hall–Kier alpha value is -3.48. The number of carbonyl (C=O) groups excluding carboxylic acids is 2. The van der Waals surface area contributed by atoms with Crippen molar-refractivity contribution in [3.8, 4) is 17.2 Å². The summed E-state index contributed by atoms with van der Waals surface area (Å²) in [4.78, 5) is 24.0. The van der Waals surface area contributed by atoms with Crippen molar-refractivity contribution in [2.45, 2.75) is 0 Å². The van der Waals surface area contributed by atoms with Crippen molar-refractivity contribution in [3.05, 3.63) is 59.7 Å². The molecule has 2 aromatic rings. The molecule has 3 rings (SSSR count). The van der Waals surface area contributed by atoms with Gasteiger partial charge >= 0.3 is 5.97 Å². The summed E-state index contributed by atoms with van der Waals surface area (Å²) in [6.07, 6.45) is 1.71. The molecule has 7 nitrogen and oxygen atoms in total. The van der Waals surface area contributed by atoms with Crippen LogP contribution in [0.15, 0.2) is 54.1 Å². The zero-order chi connectivity index (χ0) is 19.8. The van der Waals surface area contributed by atoms with Crippen LogP contribution in [-0.2, 0) is 14.3 Å². The van der Waals surface area contributed by atoms with E-state index < -0.39 is 11.9 Å². The molecule has 0 aliphatic carbocycles. The summed E-state index contributed by atoms with van der Waals surface area (Å²) in [5.41, 5.74) is 1.17. The Kier molecular flexibility index (Phi) is 6.51. The smallest absolute Gasteiger partial charge is 0.338 e. The fourth-order valence-electron chi connectivity index (χ4n) is 2.60. The highest BCUT2D eigenvalue weighted by molar-refractivity contribution is 5.96. The molecule has 0 unspecified atom stereocenters. The SMILES string of the molecule is COc1ccccc1OCCNC(=O)COC(=O)C1=Cc2ccccc2OC1. The molecule has 2 aromatic carbocycles. The highest BCUT2D eigenvalue weighted by Gasteiger charge is 2.19. The molecule has 1 N–H and O–H groups in total. The van der Waals surface area contributed by atoms with Gasteiger partial charge in [0.25, 0.3) is 5.91 Å². The monoisotopic (exact) mass is 383 g/mol. The summed E-state index contributed by atoms with van der Waals surface area (Å²) in [5.74, 6) is 0.943. The number of rotatable bonds is 8. The van der Waals surface area contributed by atoms with Crippen LogP contribution in [0.1, 0.15) is 5.56 Å². The molecule has 0 saturated carbocycles. The third kappa shape index (κ3) is 5.03. The lowest BCUT2D eigenvalue weighted by Crippen LogP contribution is -2.32. The van der Waals surface area contributed by atoms with Gasteiger partial charge in [0.1, 0.15) is 19.0 Å². The molecule has 1 amide bonds. The highest BCUT2D eigenvalue weighted by Crippen LogP contribution is 2.26. The molecule has 0 saturated heterocycles. The van der Waals surface area contributed by atoms with Crippen LogP contribution in [0.4, 0.5) is 0 Å². The van der Waals surface area contributed by atoms with E-state index in [0.717, 1.165) is 5.56 Å². The van der Waals surface area contributed by atoms with Crippen molar-refractivity contribution >= 4 is 18.0 Å². The average Bonchev–Trinajstić information content (AvgIpc) is 2.75. The number of amides is 1. The Bertz CT molecular complexity index is 877. The van der Waals surface area contributed by atoms with Crippen molar-refractivity contribution in [2.24, 2.45) is 0 Å². The van der Waals surface area contributed by atoms with Crippen molar-refractivity contribution in [3.63, 3.8) is 0 Å². The topological polar surface area (TPSA) is 83.1 Å². The lowest BCUT2D eigenvalue weighted by Gasteiger charge is -2.16. The van der Waals surface area contributed by atoms with E-state index in [1.165, 1.54) is 0 Å². The second-order valence-electron chi connectivity index (χ2n) is 5.92. The van der Waals surface area contributed by atoms with E-state index in [1.54, 1.807) is 25.3 Å². The van der Waals surface area contributed by atoms with Gasteiger partial charge in [0.2, 0.25) is 0 Å². The molecule has 0 bridgehead atoms. The Morgan fingerprint density at radius 3 is 2.64 bits per heavy atom. The minimum Gasteiger partial charge on any atom is -0.493 e. The standard InChI is InChI=1S/C21H21NO6/c1-25-18-8-4-5-9-19(18)26-11-10-22-20(23)14-28-21(24)16-12-15-6-2-3-7-17(15)27-13-16/h2-9,12H,10-11,13-14H2,1H3,(H,22,23). The average molecular weight is 383 g/mol. The molecule has 1 aliphatic rings. The van der Waals surface area contributed by atoms with Crippen LogP contribution < -0.4 is 19.5 Å². The van der Waals surface area contributed by atoms with E-state index in [9.17, 15) is 9.59 Å². The Balaban J connectivity index is 1.39. The number of hydrogen-bond donors (Lipinski definition) is 1. The Morgan fingerprint density at radius 2 is 1.82 bits per heavy atom. The molecular weight excluding hydrogens is 362 g/mol. The fourth-order valence-corrected chi connectivity index (χ4v) is 2.60. The summed E-state index contributed by atoms with van der Waals surface area (Å²) in [6, 6.07) is 14.6. The number of hydrogen-bond acceptors (Lipinski definition) is 6. The molecule has 1 aliphatic heterocycles. The maximum absolute atomic E-state index is 12.1. The number of fused-ring (bicyclic) bond motifs is 1. The molecule has 0 radical (unpaired) electrons. The first-order chi connectivity index (χ1) is 13.7. The molecule has 1 heterocycles. The normalized spacial score (nSPS) is 12.1. The largest absolute Gasteiger partial charge is 0.493 e. The van der Waals surface area contributed by atoms with Crippen LogP contribution >= 0.6 is 0 Å². The summed E-state index contributed by atoms with van der Waals surface area (Å²) in [5, 5.41) is 2.63. The van der Waals surface area contributed by atoms with E-state index in [1.807, 2.05) is 36.4 Å². The van der Waals surface area contributed by atoms with Gasteiger partial charge < -0.3 is 24.3 Å². The van der Waals surface area contributed by atoms with Crippen molar-refractivity contribution < 1.29 is 28.5 Å². The van der Waals surface area contributed by atoms with E-state index in [-0.39, 0.29) is 26.4 Å². The molecule has 28 heavy (non-hydrogen) atoms. The number of methoxy groups -OCH3 is 1. The van der Waals surface area contributed by atoms with E-state index in [0.29, 0.717) is 22.8 Å². The van der Waals surface area contributed by atoms with Gasteiger partial charge in [-0.15, -0.1) is 0 Å². The molecule has 0 atom stereocenters. The first-order valence-electron chi connectivity index (χ1n) is 8.79. The highest BCUT2D eigenvalue weighted by atomic mass is 16.5. The second kappa shape index (κ2) is 9.45. The second-order valence-corrected chi connectivity index (χ2v) is 5.92. The lowest BCUT2D eigenvalue weighted by atomic mass is 10.1. The van der Waals surface area contributed by atoms with Crippen LogP contribution in [0.2, 0.25) is 0 Å². The number of ether oxygens (including phenoxy) is 4. The predicted octanol–water partition coefficient (Wildman–Crippen LogP) is 2.21. The van der Waals surface area contributed by atoms with Crippen LogP contribution in [0.25, 0.3) is 6.08 Å². The van der Waals surface area contributed by atoms with Crippen molar-refractivity contribution in [1.29, 1.82) is 0 Å². The number of nitrogens with one attached hydrogen (secondary N) is 1. The number of benzene rings is 2. The predicted molar refractivity (Wildman–Crippen MR) is 102 cm³/mol. The van der Waals surface area contributed by atoms with Gasteiger partial charge in [0, 0.05) is 5.56 Å². The van der Waals surface area contributed by atoms with Crippen molar-refractivity contribution in [1.82, 2.24) is 5.32 Å². The first kappa shape index (κ1) is 19.3. The minimum absolute atomic E-state index is 0.115. The molecule has 7 heteroatoms. The molecule has 0 fully saturated rings. The zero-order valence-electron chi connectivity index (χ0n) is 15.5. The van der Waals surface area contributed by atoms with Gasteiger partial charge in [0.05, 0.1) is 19.2 Å². The Labute approximate surface area is 162 Å². The van der Waals surface area contributed by atoms with Gasteiger partial charge in [-0.2, -0.15) is 0 Å². The molecular formula is C21H21NO6. The number of para-hydroxylation sites is 3. The number of carbonyl (C=O) groups is 2. The summed E-state index contributed by atoms with van der Waals surface area (Å²) in [7, 11) is 1.56. The summed E-state index contributed by atoms with van der Waals surface area (Å²) < 4.78 is 21.3. The van der Waals surface area contributed by atoms with Crippen LogP contribution in [0.3, 0.4) is 0 Å². The van der Waals surface area contributed by atoms with Gasteiger partial charge in [-0.05, 0) is 24.3 Å². The van der Waals surface area contributed by atoms with Crippen LogP contribution in [0, 0.1) is 0 Å². The van der Waals surface area contributed by atoms with Crippen LogP contribution in [0.5, 0.6) is 17.2 Å². The lowest BCUT2D eigenvalue weighted by molar-refractivity contribution is -0.145. The van der Waals surface area contributed by atoms with Gasteiger partial charge in [0.15, 0.2) is 18.1 Å². The summed E-state index contributed by atoms with van der Waals surface area (Å²) >= 11 is 0. The fraction of sp³-hybridized carbons (Fsp3) is 0.238. The van der Waals surface area contributed by atoms with E-state index in [4.69, 9.17) is 18.9 Å². The quantitative estimate of drug-likeness (QED) is 0.556. The van der Waals surface area contributed by atoms with E-state index >= 15 is 0 Å². The maximum atomic E-state index is 12.1. The minimum atomic E-state index is -0.574. The zero-order valence-corrected chi connectivity index (χ0v) is 15.5. The third-order valence-electron chi connectivity index (χ3n) is 3.98. The van der Waals surface area contributed by atoms with E-state index in [2.05, 4.69) is 5.32 Å². The number of esters is 1. The first-order valence-corrected chi connectivity index (χ1v) is 8.79.